The Kier molecular flexibility index (Phi) is 10.2. The van der Waals surface area contributed by atoms with Crippen molar-refractivity contribution in [3.05, 3.63) is 22.7 Å². The molecule has 0 aromatic carbocycles. The summed E-state index contributed by atoms with van der Waals surface area (Å²) in [6.45, 7) is 4.44. The average Bonchev–Trinajstić information content (AvgIpc) is 3.03. The molecule has 40 heavy (non-hydrogen) atoms. The summed E-state index contributed by atoms with van der Waals surface area (Å²) in [5.41, 5.74) is -0.280. The molecule has 228 valence electrons. The number of hydrogen-bond acceptors (Lipinski definition) is 15. The van der Waals surface area contributed by atoms with E-state index in [9.17, 15) is 34.3 Å². The number of ether oxygens (including phenoxy) is 3. The number of aliphatic hydroxyl groups excluding tert-OH is 3. The Bertz CT molecular complexity index is 1150. The van der Waals surface area contributed by atoms with E-state index in [4.69, 9.17) is 33.5 Å². The highest BCUT2D eigenvalue weighted by Crippen LogP contribution is 2.52. The highest BCUT2D eigenvalue weighted by Gasteiger charge is 2.65. The first-order valence-electron chi connectivity index (χ1n) is 11.8. The third-order valence-electron chi connectivity index (χ3n) is 5.45. The molecule has 4 atom stereocenters. The van der Waals surface area contributed by atoms with E-state index >= 15 is 4.39 Å². The number of phosphoric ester groups is 1. The van der Waals surface area contributed by atoms with Crippen LogP contribution in [0, 0.1) is 10.8 Å². The lowest BCUT2D eigenvalue weighted by atomic mass is 9.98. The van der Waals surface area contributed by atoms with Gasteiger partial charge in [0.2, 0.25) is 19.3 Å². The van der Waals surface area contributed by atoms with Crippen molar-refractivity contribution in [2.45, 2.75) is 65.3 Å². The molecule has 0 spiro atoms. The van der Waals surface area contributed by atoms with Gasteiger partial charge in [0.1, 0.15) is 24.6 Å². The predicted molar refractivity (Wildman–Crippen MR) is 131 cm³/mol. The molecule has 18 heteroatoms. The second-order valence-corrected chi connectivity index (χ2v) is 12.5. The molecule has 1 saturated heterocycles. The molecule has 1 fully saturated rings. The highest BCUT2D eigenvalue weighted by atomic mass is 31.2. The van der Waals surface area contributed by atoms with Gasteiger partial charge in [0.25, 0.3) is 5.85 Å². The number of carbonyl (C=O) groups is 2. The molecule has 16 nitrogen and oxygen atoms in total. The van der Waals surface area contributed by atoms with E-state index in [1.54, 1.807) is 0 Å². The van der Waals surface area contributed by atoms with Gasteiger partial charge in [-0.05, 0) is 47.6 Å². The van der Waals surface area contributed by atoms with Crippen LogP contribution < -0.4 is 11.4 Å². The molecule has 5 N–H and O–H groups in total. The van der Waals surface area contributed by atoms with Crippen LogP contribution in [0.1, 0.15) is 41.5 Å². The van der Waals surface area contributed by atoms with Crippen LogP contribution in [0.2, 0.25) is 0 Å². The molecule has 0 unspecified atom stereocenters. The largest absolute Gasteiger partial charge is 0.480 e. The van der Waals surface area contributed by atoms with Gasteiger partial charge in [0, 0.05) is 6.20 Å². The second-order valence-electron chi connectivity index (χ2n) is 10.9. The predicted octanol–water partition coefficient (Wildman–Crippen LogP) is 0.140. The maximum atomic E-state index is 15.8. The summed E-state index contributed by atoms with van der Waals surface area (Å²) >= 11 is 0. The zero-order valence-corrected chi connectivity index (χ0v) is 23.8. The standard InChI is InChI=1S/C22H35FN3O13P/c1-19(2,3)16(30)34-11-37-40(33,38-12-35-17(31)20(4,5)6)36-10-21(23)14(28)15(29)22(9-27,39-21)26-8-7-13(24)25-18(26)32/h7-8,14-15,27-29H,9-12H2,1-6H3,(H2,24,25,32)/t14-,15+,21+,22+/m0/s1. The van der Waals surface area contributed by atoms with E-state index in [0.717, 1.165) is 12.3 Å². The van der Waals surface area contributed by atoms with E-state index in [-0.39, 0.29) is 5.82 Å². The third-order valence-corrected chi connectivity index (χ3v) is 6.74. The van der Waals surface area contributed by atoms with Crippen LogP contribution in [0.4, 0.5) is 10.2 Å². The first-order valence-corrected chi connectivity index (χ1v) is 13.3. The fraction of sp³-hybridized carbons (Fsp3) is 0.727. The molecular formula is C22H35FN3O13P. The minimum atomic E-state index is -4.94. The molecule has 1 aliphatic rings. The van der Waals surface area contributed by atoms with Crippen LogP contribution in [0.15, 0.2) is 17.1 Å². The van der Waals surface area contributed by atoms with Gasteiger partial charge in [-0.3, -0.25) is 18.7 Å². The fourth-order valence-corrected chi connectivity index (χ4v) is 4.03. The maximum Gasteiger partial charge on any atom is 0.480 e. The van der Waals surface area contributed by atoms with Gasteiger partial charge in [0.15, 0.2) is 0 Å². The van der Waals surface area contributed by atoms with Crippen LogP contribution in [0.25, 0.3) is 0 Å². The van der Waals surface area contributed by atoms with Gasteiger partial charge >= 0.3 is 25.5 Å². The molecule has 1 aromatic rings. The number of aliphatic hydroxyl groups is 3. The van der Waals surface area contributed by atoms with E-state index in [1.807, 2.05) is 0 Å². The van der Waals surface area contributed by atoms with Crippen molar-refractivity contribution in [2.75, 3.05) is 32.5 Å². The molecule has 2 rings (SSSR count). The summed E-state index contributed by atoms with van der Waals surface area (Å²) in [4.78, 5) is 39.7. The number of nitrogens with two attached hydrogens (primary N) is 1. The van der Waals surface area contributed by atoms with Gasteiger partial charge in [-0.25, -0.2) is 22.8 Å². The van der Waals surface area contributed by atoms with Crippen molar-refractivity contribution in [1.82, 2.24) is 9.55 Å². The number of nitrogen functional groups attached to an aromatic ring is 1. The van der Waals surface area contributed by atoms with E-state index in [2.05, 4.69) is 4.98 Å². The first-order chi connectivity index (χ1) is 18.2. The number of carbonyl (C=O) groups excluding carboxylic acids is 2. The van der Waals surface area contributed by atoms with Crippen LogP contribution >= 0.6 is 7.82 Å². The number of phosphoric acid groups is 1. The lowest BCUT2D eigenvalue weighted by molar-refractivity contribution is -0.255. The minimum absolute atomic E-state index is 0.230. The smallest absolute Gasteiger partial charge is 0.437 e. The Morgan fingerprint density at radius 2 is 1.57 bits per heavy atom. The second kappa shape index (κ2) is 12.2. The molecule has 1 aliphatic heterocycles. The number of esters is 2. The SMILES string of the molecule is CC(C)(C)C(=O)OCOP(=O)(OCOC(=O)C(C)(C)C)OC[C@@]1(F)O[C@@](CO)(n2ccc(N)nc2=O)[C@H](O)[C@@H]1O. The molecule has 0 bridgehead atoms. The number of hydrogen-bond donors (Lipinski definition) is 4. The minimum Gasteiger partial charge on any atom is -0.437 e. The van der Waals surface area contributed by atoms with E-state index in [1.165, 1.54) is 41.5 Å². The zero-order chi connectivity index (χ0) is 30.7. The quantitative estimate of drug-likeness (QED) is 0.151. The summed E-state index contributed by atoms with van der Waals surface area (Å²) in [6, 6.07) is 1.09. The number of halogens is 1. The molecular weight excluding hydrogens is 564 g/mol. The summed E-state index contributed by atoms with van der Waals surface area (Å²) in [6.07, 6.45) is -3.83. The molecule has 0 amide bonds. The lowest BCUT2D eigenvalue weighted by Gasteiger charge is -2.32. The van der Waals surface area contributed by atoms with Gasteiger partial charge < -0.3 is 35.3 Å². The average molecular weight is 600 g/mol. The van der Waals surface area contributed by atoms with Crippen molar-refractivity contribution in [2.24, 2.45) is 10.8 Å². The highest BCUT2D eigenvalue weighted by molar-refractivity contribution is 7.48. The summed E-state index contributed by atoms with van der Waals surface area (Å²) in [7, 11) is -4.94. The Morgan fingerprint density at radius 1 is 1.07 bits per heavy atom. The number of anilines is 1. The number of aromatic nitrogens is 2. The topological polar surface area (TPSA) is 228 Å². The fourth-order valence-electron chi connectivity index (χ4n) is 3.11. The monoisotopic (exact) mass is 599 g/mol. The Morgan fingerprint density at radius 3 is 2.00 bits per heavy atom. The third kappa shape index (κ3) is 7.61. The van der Waals surface area contributed by atoms with Gasteiger partial charge in [0.05, 0.1) is 17.4 Å². The summed E-state index contributed by atoms with van der Waals surface area (Å²) in [5.74, 6) is -5.21. The molecule has 0 aliphatic carbocycles. The molecule has 0 radical (unpaired) electrons. The van der Waals surface area contributed by atoms with Crippen LogP contribution in [0.5, 0.6) is 0 Å². The van der Waals surface area contributed by atoms with Crippen molar-refractivity contribution >= 4 is 25.6 Å². The van der Waals surface area contributed by atoms with E-state index in [0.29, 0.717) is 4.57 Å². The van der Waals surface area contributed by atoms with Gasteiger partial charge in [-0.15, -0.1) is 0 Å². The van der Waals surface area contributed by atoms with Crippen LogP contribution in [0.3, 0.4) is 0 Å². The number of nitrogens with zero attached hydrogens (tertiary/aromatic N) is 2. The Balaban J connectivity index is 2.26. The lowest BCUT2D eigenvalue weighted by Crippen LogP contribution is -2.53. The Hall–Kier alpha value is -2.50. The molecule has 1 aromatic heterocycles. The molecule has 2 heterocycles. The Labute approximate surface area is 228 Å². The number of alkyl halides is 1. The molecule has 0 saturated carbocycles. The van der Waals surface area contributed by atoms with E-state index < -0.39 is 86.9 Å². The summed E-state index contributed by atoms with van der Waals surface area (Å²) in [5, 5.41) is 31.0. The van der Waals surface area contributed by atoms with Gasteiger partial charge in [-0.2, -0.15) is 4.98 Å². The van der Waals surface area contributed by atoms with Crippen molar-refractivity contribution in [1.29, 1.82) is 0 Å². The number of rotatable bonds is 11. The van der Waals surface area contributed by atoms with Crippen molar-refractivity contribution in [3.8, 4) is 0 Å². The maximum absolute atomic E-state index is 15.8. The first kappa shape index (κ1) is 33.7. The van der Waals surface area contributed by atoms with Crippen molar-refractivity contribution in [3.63, 3.8) is 0 Å². The van der Waals surface area contributed by atoms with Crippen LogP contribution in [-0.2, 0) is 47.7 Å². The zero-order valence-electron chi connectivity index (χ0n) is 22.9. The van der Waals surface area contributed by atoms with Crippen LogP contribution in [-0.4, -0.2) is 81.7 Å². The van der Waals surface area contributed by atoms with Crippen molar-refractivity contribution < 1.29 is 61.6 Å². The summed E-state index contributed by atoms with van der Waals surface area (Å²) < 4.78 is 59.1. The van der Waals surface area contributed by atoms with Gasteiger partial charge in [-0.1, -0.05) is 0 Å². The normalized spacial score (nSPS) is 25.6.